The van der Waals surface area contributed by atoms with Crippen LogP contribution < -0.4 is 10.1 Å². The maximum absolute atomic E-state index is 13.0. The first-order valence-electron chi connectivity index (χ1n) is 8.39. The molecule has 1 amide bonds. The third kappa shape index (κ3) is 3.98. The molecule has 1 aromatic carbocycles. The number of thiazole rings is 1. The third-order valence-corrected chi connectivity index (χ3v) is 5.84. The number of benzene rings is 1. The van der Waals surface area contributed by atoms with Gasteiger partial charge in [0.1, 0.15) is 16.5 Å². The second-order valence-corrected chi connectivity index (χ2v) is 7.21. The smallest absolute Gasteiger partial charge is 0.273 e. The molecule has 2 fully saturated rings. The van der Waals surface area contributed by atoms with Crippen molar-refractivity contribution in [1.82, 2.24) is 15.2 Å². The van der Waals surface area contributed by atoms with Gasteiger partial charge in [0.15, 0.2) is 0 Å². The summed E-state index contributed by atoms with van der Waals surface area (Å²) in [5, 5.41) is 6.20. The van der Waals surface area contributed by atoms with Crippen molar-refractivity contribution in [2.75, 3.05) is 20.2 Å². The first kappa shape index (κ1) is 21.0. The number of hydrogen-bond donors (Lipinski definition) is 1. The minimum absolute atomic E-state index is 0. The molecule has 2 atom stereocenters. The highest BCUT2D eigenvalue weighted by Gasteiger charge is 2.39. The zero-order valence-electron chi connectivity index (χ0n) is 14.5. The van der Waals surface area contributed by atoms with E-state index in [9.17, 15) is 4.79 Å². The Morgan fingerprint density at radius 2 is 1.92 bits per heavy atom. The first-order chi connectivity index (χ1) is 11.8. The van der Waals surface area contributed by atoms with Crippen molar-refractivity contribution < 1.29 is 9.53 Å². The van der Waals surface area contributed by atoms with Crippen LogP contribution in [0.5, 0.6) is 5.75 Å². The standard InChI is InChI=1S/C18H21N3O2S.2ClH/c1-23-15-6-2-12(3-7-15)17-20-16(11-24-17)18(22)21-13-4-5-14(21)10-19-9-8-13;;/h2-3,6-7,11,13-14,19H,4-5,8-10H2,1H3;2*1H. The summed E-state index contributed by atoms with van der Waals surface area (Å²) in [6, 6.07) is 8.47. The van der Waals surface area contributed by atoms with Crippen LogP contribution in [0.1, 0.15) is 29.8 Å². The highest BCUT2D eigenvalue weighted by Crippen LogP contribution is 2.31. The maximum atomic E-state index is 13.0. The van der Waals surface area contributed by atoms with E-state index in [0.717, 1.165) is 48.7 Å². The number of fused-ring (bicyclic) bond motifs is 2. The fraction of sp³-hybridized carbons (Fsp3) is 0.444. The van der Waals surface area contributed by atoms with Gasteiger partial charge in [-0.25, -0.2) is 4.98 Å². The van der Waals surface area contributed by atoms with Crippen LogP contribution in [-0.4, -0.2) is 48.1 Å². The predicted molar refractivity (Wildman–Crippen MR) is 109 cm³/mol. The van der Waals surface area contributed by atoms with Crippen molar-refractivity contribution >= 4 is 42.1 Å². The molecular weight excluding hydrogens is 393 g/mol. The molecule has 0 aliphatic carbocycles. The number of nitrogens with one attached hydrogen (secondary N) is 1. The zero-order valence-corrected chi connectivity index (χ0v) is 17.0. The largest absolute Gasteiger partial charge is 0.497 e. The van der Waals surface area contributed by atoms with Crippen LogP contribution in [0.15, 0.2) is 29.6 Å². The van der Waals surface area contributed by atoms with Crippen molar-refractivity contribution in [2.24, 2.45) is 0 Å². The monoisotopic (exact) mass is 415 g/mol. The fourth-order valence-corrected chi connectivity index (χ4v) is 4.48. The summed E-state index contributed by atoms with van der Waals surface area (Å²) in [5.41, 5.74) is 1.59. The Morgan fingerprint density at radius 1 is 1.19 bits per heavy atom. The van der Waals surface area contributed by atoms with E-state index in [1.165, 1.54) is 11.3 Å². The molecule has 2 bridgehead atoms. The first-order valence-corrected chi connectivity index (χ1v) is 9.27. The van der Waals surface area contributed by atoms with Crippen molar-refractivity contribution in [3.05, 3.63) is 35.3 Å². The number of nitrogens with zero attached hydrogens (tertiary/aromatic N) is 2. The molecule has 1 N–H and O–H groups in total. The second-order valence-electron chi connectivity index (χ2n) is 6.36. The Morgan fingerprint density at radius 3 is 2.65 bits per heavy atom. The molecule has 2 aliphatic heterocycles. The Bertz CT molecular complexity index is 724. The molecule has 4 rings (SSSR count). The summed E-state index contributed by atoms with van der Waals surface area (Å²) >= 11 is 1.52. The van der Waals surface area contributed by atoms with Crippen LogP contribution in [0.3, 0.4) is 0 Å². The van der Waals surface area contributed by atoms with E-state index in [2.05, 4.69) is 15.2 Å². The van der Waals surface area contributed by atoms with Gasteiger partial charge >= 0.3 is 0 Å². The van der Waals surface area contributed by atoms with Gasteiger partial charge in [-0.1, -0.05) is 0 Å². The van der Waals surface area contributed by atoms with Gasteiger partial charge in [0.2, 0.25) is 0 Å². The Labute approximate surface area is 170 Å². The summed E-state index contributed by atoms with van der Waals surface area (Å²) < 4.78 is 5.19. The van der Waals surface area contributed by atoms with Gasteiger partial charge in [0, 0.05) is 29.6 Å². The van der Waals surface area contributed by atoms with E-state index in [-0.39, 0.29) is 30.7 Å². The molecule has 0 spiro atoms. The Kier molecular flexibility index (Phi) is 7.29. The normalized spacial score (nSPS) is 21.3. The van der Waals surface area contributed by atoms with Crippen LogP contribution >= 0.6 is 36.2 Å². The van der Waals surface area contributed by atoms with Crippen molar-refractivity contribution in [3.8, 4) is 16.3 Å². The number of halogens is 2. The lowest BCUT2D eigenvalue weighted by atomic mass is 10.1. The molecule has 142 valence electrons. The quantitative estimate of drug-likeness (QED) is 0.831. The molecule has 26 heavy (non-hydrogen) atoms. The predicted octanol–water partition coefficient (Wildman–Crippen LogP) is 3.63. The lowest BCUT2D eigenvalue weighted by Crippen LogP contribution is -2.42. The molecule has 2 unspecified atom stereocenters. The molecule has 2 aliphatic rings. The molecule has 5 nitrogen and oxygen atoms in total. The molecule has 0 radical (unpaired) electrons. The van der Waals surface area contributed by atoms with Crippen LogP contribution in [0.4, 0.5) is 0 Å². The van der Waals surface area contributed by atoms with E-state index in [0.29, 0.717) is 17.8 Å². The molecular formula is C18H23Cl2N3O2S. The lowest BCUT2D eigenvalue weighted by molar-refractivity contribution is 0.0675. The van der Waals surface area contributed by atoms with Crippen LogP contribution in [-0.2, 0) is 0 Å². The second kappa shape index (κ2) is 9.04. The molecule has 8 heteroatoms. The van der Waals surface area contributed by atoms with E-state index in [1.807, 2.05) is 29.6 Å². The number of methoxy groups -OCH3 is 1. The van der Waals surface area contributed by atoms with Crippen LogP contribution in [0.25, 0.3) is 10.6 Å². The summed E-state index contributed by atoms with van der Waals surface area (Å²) in [7, 11) is 1.65. The number of amides is 1. The lowest BCUT2D eigenvalue weighted by Gasteiger charge is -2.27. The highest BCUT2D eigenvalue weighted by molar-refractivity contribution is 7.13. The van der Waals surface area contributed by atoms with Crippen LogP contribution in [0.2, 0.25) is 0 Å². The minimum Gasteiger partial charge on any atom is -0.497 e. The van der Waals surface area contributed by atoms with Gasteiger partial charge in [-0.15, -0.1) is 36.2 Å². The SMILES string of the molecule is COc1ccc(-c2nc(C(=O)N3C4CCNCC3CC4)cs2)cc1.Cl.Cl. The third-order valence-electron chi connectivity index (χ3n) is 4.95. The molecule has 2 saturated heterocycles. The number of hydrogen-bond acceptors (Lipinski definition) is 5. The van der Waals surface area contributed by atoms with Crippen LogP contribution in [0, 0.1) is 0 Å². The van der Waals surface area contributed by atoms with Gasteiger partial charge in [0.05, 0.1) is 7.11 Å². The van der Waals surface area contributed by atoms with E-state index in [4.69, 9.17) is 4.74 Å². The van der Waals surface area contributed by atoms with E-state index >= 15 is 0 Å². The Balaban J connectivity index is 0.00000121. The molecule has 2 aromatic rings. The average molecular weight is 416 g/mol. The van der Waals surface area contributed by atoms with Gasteiger partial charge in [-0.3, -0.25) is 4.79 Å². The van der Waals surface area contributed by atoms with Gasteiger partial charge < -0.3 is 15.0 Å². The topological polar surface area (TPSA) is 54.5 Å². The maximum Gasteiger partial charge on any atom is 0.273 e. The summed E-state index contributed by atoms with van der Waals surface area (Å²) in [4.78, 5) is 19.7. The number of aromatic nitrogens is 1. The summed E-state index contributed by atoms with van der Waals surface area (Å²) in [6.07, 6.45) is 3.25. The summed E-state index contributed by atoms with van der Waals surface area (Å²) in [5.74, 6) is 0.905. The van der Waals surface area contributed by atoms with Crippen molar-refractivity contribution in [3.63, 3.8) is 0 Å². The van der Waals surface area contributed by atoms with Gasteiger partial charge in [0.25, 0.3) is 5.91 Å². The Hall–Kier alpha value is -1.34. The number of carbonyl (C=O) groups excluding carboxylic acids is 1. The summed E-state index contributed by atoms with van der Waals surface area (Å²) in [6.45, 7) is 1.90. The highest BCUT2D eigenvalue weighted by atomic mass is 35.5. The molecule has 1 aromatic heterocycles. The zero-order chi connectivity index (χ0) is 16.5. The fourth-order valence-electron chi connectivity index (χ4n) is 3.68. The minimum atomic E-state index is 0. The van der Waals surface area contributed by atoms with Crippen molar-refractivity contribution in [1.29, 1.82) is 0 Å². The number of rotatable bonds is 3. The van der Waals surface area contributed by atoms with Crippen molar-refractivity contribution in [2.45, 2.75) is 31.3 Å². The molecule has 0 saturated carbocycles. The van der Waals surface area contributed by atoms with E-state index < -0.39 is 0 Å². The van der Waals surface area contributed by atoms with E-state index in [1.54, 1.807) is 7.11 Å². The average Bonchev–Trinajstić information content (AvgIpc) is 3.18. The van der Waals surface area contributed by atoms with Gasteiger partial charge in [-0.05, 0) is 50.1 Å². The van der Waals surface area contributed by atoms with Gasteiger partial charge in [-0.2, -0.15) is 0 Å². The number of ether oxygens (including phenoxy) is 1. The molecule has 3 heterocycles. The number of carbonyl (C=O) groups is 1.